The minimum atomic E-state index is -3.67. The third-order valence-electron chi connectivity index (χ3n) is 2.10. The van der Waals surface area contributed by atoms with Crippen molar-refractivity contribution < 1.29 is 17.9 Å². The molecule has 0 aliphatic heterocycles. The average molecular weight is 282 g/mol. The molecule has 0 aliphatic rings. The molecule has 17 heavy (non-hydrogen) atoms. The van der Waals surface area contributed by atoms with Crippen molar-refractivity contribution in [3.63, 3.8) is 0 Å². The minimum absolute atomic E-state index is 0.150. The van der Waals surface area contributed by atoms with Gasteiger partial charge in [0.05, 0.1) is 11.6 Å². The lowest BCUT2D eigenvalue weighted by Crippen LogP contribution is -2.38. The van der Waals surface area contributed by atoms with Crippen LogP contribution >= 0.6 is 12.2 Å². The zero-order valence-electron chi connectivity index (χ0n) is 10.2. The second-order valence-electron chi connectivity index (χ2n) is 3.65. The highest BCUT2D eigenvalue weighted by molar-refractivity contribution is 7.89. The molecule has 0 fully saturated rings. The Labute approximate surface area is 107 Å². The number of hydrogen-bond donors (Lipinski definition) is 1. The van der Waals surface area contributed by atoms with E-state index in [-0.39, 0.29) is 24.1 Å². The third kappa shape index (κ3) is 5.94. The van der Waals surface area contributed by atoms with Gasteiger partial charge in [-0.15, -0.1) is 0 Å². The Kier molecular flexibility index (Phi) is 6.58. The van der Waals surface area contributed by atoms with E-state index in [1.165, 1.54) is 7.05 Å². The van der Waals surface area contributed by atoms with E-state index in [9.17, 15) is 13.2 Å². The topological polar surface area (TPSA) is 89.7 Å². The van der Waals surface area contributed by atoms with Gasteiger partial charge >= 0.3 is 5.97 Å². The predicted octanol–water partition coefficient (Wildman–Crippen LogP) is -0.267. The maximum absolute atomic E-state index is 11.7. The Morgan fingerprint density at radius 2 is 2.06 bits per heavy atom. The lowest BCUT2D eigenvalue weighted by Gasteiger charge is -2.20. The highest BCUT2D eigenvalue weighted by Gasteiger charge is 2.24. The van der Waals surface area contributed by atoms with Crippen molar-refractivity contribution in [3.8, 4) is 0 Å². The van der Waals surface area contributed by atoms with Crippen LogP contribution in [0.4, 0.5) is 0 Å². The molecule has 0 radical (unpaired) electrons. The van der Waals surface area contributed by atoms with Crippen LogP contribution in [0.15, 0.2) is 0 Å². The van der Waals surface area contributed by atoms with Gasteiger partial charge < -0.3 is 10.5 Å². The molecule has 2 N–H and O–H groups in total. The van der Waals surface area contributed by atoms with Crippen LogP contribution in [-0.2, 0) is 19.6 Å². The Morgan fingerprint density at radius 3 is 2.47 bits per heavy atom. The van der Waals surface area contributed by atoms with Crippen LogP contribution in [0.3, 0.4) is 0 Å². The number of nitrogens with two attached hydrogens (primary N) is 1. The molecule has 0 heterocycles. The SMILES string of the molecule is CCOC(=O)CS(=O)(=O)N(C)CC(C)C(N)=S. The Morgan fingerprint density at radius 1 is 1.53 bits per heavy atom. The molecule has 8 heteroatoms. The van der Waals surface area contributed by atoms with Crippen LogP contribution in [0.1, 0.15) is 13.8 Å². The molecule has 1 unspecified atom stereocenters. The zero-order valence-corrected chi connectivity index (χ0v) is 11.8. The van der Waals surface area contributed by atoms with Gasteiger partial charge in [-0.3, -0.25) is 4.79 Å². The maximum atomic E-state index is 11.7. The normalized spacial score (nSPS) is 13.4. The van der Waals surface area contributed by atoms with Crippen molar-refractivity contribution in [2.75, 3.05) is 26.0 Å². The van der Waals surface area contributed by atoms with Gasteiger partial charge in [0.25, 0.3) is 0 Å². The van der Waals surface area contributed by atoms with Crippen LogP contribution in [0, 0.1) is 5.92 Å². The van der Waals surface area contributed by atoms with Crippen LogP contribution in [-0.4, -0.2) is 49.6 Å². The summed E-state index contributed by atoms with van der Waals surface area (Å²) in [6, 6.07) is 0. The van der Waals surface area contributed by atoms with E-state index in [4.69, 9.17) is 18.0 Å². The molecule has 0 aromatic heterocycles. The summed E-state index contributed by atoms with van der Waals surface area (Å²) in [6.45, 7) is 3.64. The van der Waals surface area contributed by atoms with Crippen LogP contribution in [0.25, 0.3) is 0 Å². The van der Waals surface area contributed by atoms with Gasteiger partial charge in [-0.05, 0) is 6.92 Å². The fourth-order valence-corrected chi connectivity index (χ4v) is 2.18. The Bertz CT molecular complexity index is 380. The molecule has 0 saturated carbocycles. The summed E-state index contributed by atoms with van der Waals surface area (Å²) >= 11 is 4.75. The van der Waals surface area contributed by atoms with Crippen molar-refractivity contribution in [1.29, 1.82) is 0 Å². The quantitative estimate of drug-likeness (QED) is 0.511. The number of carbonyl (C=O) groups excluding carboxylic acids is 1. The molecule has 0 aromatic rings. The van der Waals surface area contributed by atoms with Crippen LogP contribution in [0.2, 0.25) is 0 Å². The van der Waals surface area contributed by atoms with Gasteiger partial charge in [-0.25, -0.2) is 12.7 Å². The van der Waals surface area contributed by atoms with Gasteiger partial charge in [0.1, 0.15) is 0 Å². The first-order chi connectivity index (χ1) is 7.70. The van der Waals surface area contributed by atoms with E-state index in [0.717, 1.165) is 4.31 Å². The second-order valence-corrected chi connectivity index (χ2v) is 6.19. The first-order valence-corrected chi connectivity index (χ1v) is 7.11. The largest absolute Gasteiger partial charge is 0.465 e. The van der Waals surface area contributed by atoms with E-state index >= 15 is 0 Å². The number of esters is 1. The molecule has 0 spiro atoms. The predicted molar refractivity (Wildman–Crippen MR) is 69.0 cm³/mol. The zero-order chi connectivity index (χ0) is 13.6. The molecule has 0 amide bonds. The number of thiocarbonyl (C=S) groups is 1. The van der Waals surface area contributed by atoms with Crippen LogP contribution < -0.4 is 5.73 Å². The smallest absolute Gasteiger partial charge is 0.322 e. The summed E-state index contributed by atoms with van der Waals surface area (Å²) in [5.41, 5.74) is 5.39. The Balaban J connectivity index is 4.50. The lowest BCUT2D eigenvalue weighted by molar-refractivity contribution is -0.140. The number of sulfonamides is 1. The maximum Gasteiger partial charge on any atom is 0.322 e. The van der Waals surface area contributed by atoms with Gasteiger partial charge in [0, 0.05) is 19.5 Å². The number of rotatable bonds is 7. The van der Waals surface area contributed by atoms with Gasteiger partial charge in [0.2, 0.25) is 10.0 Å². The van der Waals surface area contributed by atoms with Gasteiger partial charge in [-0.2, -0.15) is 0 Å². The fraction of sp³-hybridized carbons (Fsp3) is 0.778. The molecule has 0 rings (SSSR count). The highest BCUT2D eigenvalue weighted by atomic mass is 32.2. The molecule has 6 nitrogen and oxygen atoms in total. The van der Waals surface area contributed by atoms with Crippen molar-refractivity contribution in [1.82, 2.24) is 4.31 Å². The summed E-state index contributed by atoms with van der Waals surface area (Å²) in [5.74, 6) is -1.67. The lowest BCUT2D eigenvalue weighted by atomic mass is 10.2. The van der Waals surface area contributed by atoms with E-state index in [0.29, 0.717) is 0 Å². The van der Waals surface area contributed by atoms with Gasteiger partial charge in [-0.1, -0.05) is 19.1 Å². The molecule has 0 bridgehead atoms. The summed E-state index contributed by atoms with van der Waals surface area (Å²) in [7, 11) is -2.29. The summed E-state index contributed by atoms with van der Waals surface area (Å²) in [6.07, 6.45) is 0. The van der Waals surface area contributed by atoms with E-state index in [2.05, 4.69) is 4.74 Å². The summed E-state index contributed by atoms with van der Waals surface area (Å²) < 4.78 is 29.1. The molecule has 0 aromatic carbocycles. The second kappa shape index (κ2) is 6.87. The Hall–Kier alpha value is -0.730. The standard InChI is InChI=1S/C9H18N2O4S2/c1-4-15-8(12)6-17(13,14)11(3)5-7(2)9(10)16/h7H,4-6H2,1-3H3,(H2,10,16). The summed E-state index contributed by atoms with van der Waals surface area (Å²) in [5, 5.41) is 0. The van der Waals surface area contributed by atoms with Gasteiger partial charge in [0.15, 0.2) is 5.75 Å². The molecule has 100 valence electrons. The monoisotopic (exact) mass is 282 g/mol. The average Bonchev–Trinajstić information content (AvgIpc) is 2.16. The molecule has 1 atom stereocenters. The van der Waals surface area contributed by atoms with Crippen molar-refractivity contribution in [2.45, 2.75) is 13.8 Å². The molecule has 0 saturated heterocycles. The molecule has 0 aliphatic carbocycles. The number of hydrogen-bond acceptors (Lipinski definition) is 5. The third-order valence-corrected chi connectivity index (χ3v) is 4.20. The first-order valence-electron chi connectivity index (χ1n) is 5.09. The minimum Gasteiger partial charge on any atom is -0.465 e. The number of ether oxygens (including phenoxy) is 1. The molecular formula is C9H18N2O4S2. The number of carbonyl (C=O) groups is 1. The number of nitrogens with zero attached hydrogens (tertiary/aromatic N) is 1. The first kappa shape index (κ1) is 16.3. The summed E-state index contributed by atoms with van der Waals surface area (Å²) in [4.78, 5) is 11.3. The van der Waals surface area contributed by atoms with Crippen molar-refractivity contribution in [2.24, 2.45) is 11.7 Å². The highest BCUT2D eigenvalue weighted by Crippen LogP contribution is 2.05. The van der Waals surface area contributed by atoms with Crippen LogP contribution in [0.5, 0.6) is 0 Å². The fourth-order valence-electron chi connectivity index (χ4n) is 1.05. The van der Waals surface area contributed by atoms with Crippen molar-refractivity contribution in [3.05, 3.63) is 0 Å². The van der Waals surface area contributed by atoms with Crippen molar-refractivity contribution >= 4 is 33.2 Å². The van der Waals surface area contributed by atoms with E-state index in [1.54, 1.807) is 13.8 Å². The molecular weight excluding hydrogens is 264 g/mol. The van der Waals surface area contributed by atoms with E-state index < -0.39 is 21.7 Å². The van der Waals surface area contributed by atoms with E-state index in [1.807, 2.05) is 0 Å².